The molecule has 1 amide bonds. The fraction of sp³-hybridized carbons (Fsp3) is 0.588. The number of methoxy groups -OCH3 is 1. The van der Waals surface area contributed by atoms with Gasteiger partial charge in [-0.2, -0.15) is 0 Å². The molecule has 0 spiro atoms. The van der Waals surface area contributed by atoms with Gasteiger partial charge in [0.05, 0.1) is 18.7 Å². The van der Waals surface area contributed by atoms with Crippen molar-refractivity contribution < 1.29 is 9.53 Å². The highest BCUT2D eigenvalue weighted by atomic mass is 32.1. The van der Waals surface area contributed by atoms with Gasteiger partial charge in [0.25, 0.3) is 0 Å². The fourth-order valence-electron chi connectivity index (χ4n) is 3.37. The Bertz CT molecular complexity index is 708. The van der Waals surface area contributed by atoms with Crippen molar-refractivity contribution in [1.82, 2.24) is 19.9 Å². The summed E-state index contributed by atoms with van der Waals surface area (Å²) < 4.78 is 7.44. The summed E-state index contributed by atoms with van der Waals surface area (Å²) >= 11 is 1.62. The summed E-state index contributed by atoms with van der Waals surface area (Å²) in [4.78, 5) is 15.8. The Hall–Kier alpha value is -1.73. The highest BCUT2D eigenvalue weighted by Gasteiger charge is 2.35. The second kappa shape index (κ2) is 6.64. The summed E-state index contributed by atoms with van der Waals surface area (Å²) in [5.41, 5.74) is 2.10. The average Bonchev–Trinajstić information content (AvgIpc) is 3.06. The van der Waals surface area contributed by atoms with Gasteiger partial charge in [-0.15, -0.1) is 16.4 Å². The van der Waals surface area contributed by atoms with Crippen molar-refractivity contribution in [2.75, 3.05) is 20.3 Å². The molecule has 0 aromatic carbocycles. The summed E-state index contributed by atoms with van der Waals surface area (Å²) in [6.45, 7) is 2.14. The van der Waals surface area contributed by atoms with E-state index in [1.165, 1.54) is 18.5 Å². The number of carbonyl (C=O) groups is 1. The first-order chi connectivity index (χ1) is 11.8. The van der Waals surface area contributed by atoms with Crippen LogP contribution in [-0.4, -0.2) is 46.1 Å². The zero-order valence-corrected chi connectivity index (χ0v) is 14.7. The van der Waals surface area contributed by atoms with Crippen LogP contribution in [0.3, 0.4) is 0 Å². The fourth-order valence-corrected chi connectivity index (χ4v) is 4.07. The zero-order valence-electron chi connectivity index (χ0n) is 13.9. The normalized spacial score (nSPS) is 20.2. The van der Waals surface area contributed by atoms with Crippen molar-refractivity contribution in [3.8, 4) is 0 Å². The topological polar surface area (TPSA) is 60.3 Å². The maximum absolute atomic E-state index is 12.8. The summed E-state index contributed by atoms with van der Waals surface area (Å²) in [5, 5.41) is 10.8. The van der Waals surface area contributed by atoms with Gasteiger partial charge >= 0.3 is 0 Å². The maximum atomic E-state index is 12.8. The van der Waals surface area contributed by atoms with Crippen LogP contribution in [0.2, 0.25) is 0 Å². The molecule has 1 fully saturated rings. The summed E-state index contributed by atoms with van der Waals surface area (Å²) in [7, 11) is 1.67. The van der Waals surface area contributed by atoms with Crippen LogP contribution in [0.4, 0.5) is 0 Å². The SMILES string of the molecule is COC[C@@H]1c2nnn(CC3CC3)c2CCN1C(=O)Cc1cccs1. The van der Waals surface area contributed by atoms with Crippen LogP contribution < -0.4 is 0 Å². The number of ether oxygens (including phenoxy) is 1. The second-order valence-corrected chi connectivity index (χ2v) is 7.64. The van der Waals surface area contributed by atoms with E-state index in [-0.39, 0.29) is 11.9 Å². The molecule has 2 aromatic heterocycles. The van der Waals surface area contributed by atoms with E-state index in [1.54, 1.807) is 18.4 Å². The molecule has 1 aliphatic heterocycles. The summed E-state index contributed by atoms with van der Waals surface area (Å²) in [6, 6.07) is 3.87. The molecule has 1 aliphatic carbocycles. The molecule has 0 unspecified atom stereocenters. The third-order valence-corrected chi connectivity index (χ3v) is 5.70. The van der Waals surface area contributed by atoms with Crippen molar-refractivity contribution in [3.63, 3.8) is 0 Å². The van der Waals surface area contributed by atoms with E-state index >= 15 is 0 Å². The lowest BCUT2D eigenvalue weighted by Gasteiger charge is -2.34. The molecule has 24 heavy (non-hydrogen) atoms. The van der Waals surface area contributed by atoms with Gasteiger partial charge in [-0.3, -0.25) is 4.79 Å². The first kappa shape index (κ1) is 15.8. The number of aromatic nitrogens is 3. The van der Waals surface area contributed by atoms with Crippen LogP contribution in [0.15, 0.2) is 17.5 Å². The van der Waals surface area contributed by atoms with Crippen LogP contribution in [0.1, 0.15) is 35.1 Å². The average molecular weight is 346 g/mol. The van der Waals surface area contributed by atoms with E-state index < -0.39 is 0 Å². The Morgan fingerprint density at radius 1 is 1.46 bits per heavy atom. The first-order valence-electron chi connectivity index (χ1n) is 8.49. The molecule has 0 N–H and O–H groups in total. The maximum Gasteiger partial charge on any atom is 0.228 e. The molecule has 0 saturated heterocycles. The van der Waals surface area contributed by atoms with E-state index in [4.69, 9.17) is 4.74 Å². The molecule has 128 valence electrons. The van der Waals surface area contributed by atoms with Crippen molar-refractivity contribution in [1.29, 1.82) is 0 Å². The lowest BCUT2D eigenvalue weighted by atomic mass is 10.0. The third kappa shape index (κ3) is 3.10. The first-order valence-corrected chi connectivity index (χ1v) is 9.37. The van der Waals surface area contributed by atoms with Crippen LogP contribution in [0.25, 0.3) is 0 Å². The van der Waals surface area contributed by atoms with Gasteiger partial charge in [0, 0.05) is 31.5 Å². The molecule has 4 rings (SSSR count). The Balaban J connectivity index is 1.55. The minimum absolute atomic E-state index is 0.126. The van der Waals surface area contributed by atoms with Gasteiger partial charge in [0.2, 0.25) is 5.91 Å². The smallest absolute Gasteiger partial charge is 0.228 e. The lowest BCUT2D eigenvalue weighted by molar-refractivity contribution is -0.134. The van der Waals surface area contributed by atoms with Gasteiger partial charge in [0.1, 0.15) is 11.7 Å². The van der Waals surface area contributed by atoms with Crippen molar-refractivity contribution >= 4 is 17.2 Å². The molecule has 7 heteroatoms. The largest absolute Gasteiger partial charge is 0.382 e. The Morgan fingerprint density at radius 2 is 2.33 bits per heavy atom. The molecule has 2 aromatic rings. The Labute approximate surface area is 145 Å². The molecule has 2 aliphatic rings. The minimum Gasteiger partial charge on any atom is -0.382 e. The van der Waals surface area contributed by atoms with Crippen molar-refractivity contribution in [2.45, 2.75) is 38.3 Å². The molecule has 3 heterocycles. The third-order valence-electron chi connectivity index (χ3n) is 4.83. The lowest BCUT2D eigenvalue weighted by Crippen LogP contribution is -2.43. The number of amides is 1. The Kier molecular flexibility index (Phi) is 4.37. The van der Waals surface area contributed by atoms with Gasteiger partial charge < -0.3 is 9.64 Å². The van der Waals surface area contributed by atoms with Crippen LogP contribution in [0, 0.1) is 5.92 Å². The highest BCUT2D eigenvalue weighted by molar-refractivity contribution is 7.10. The van der Waals surface area contributed by atoms with Crippen molar-refractivity contribution in [2.24, 2.45) is 5.92 Å². The van der Waals surface area contributed by atoms with Gasteiger partial charge in [-0.1, -0.05) is 11.3 Å². The van der Waals surface area contributed by atoms with Crippen molar-refractivity contribution in [3.05, 3.63) is 33.8 Å². The molecule has 1 saturated carbocycles. The van der Waals surface area contributed by atoms with E-state index in [9.17, 15) is 4.79 Å². The quantitative estimate of drug-likeness (QED) is 0.803. The standard InChI is InChI=1S/C17H22N4O2S/c1-23-11-15-17-14(21(19-18-17)10-12-4-5-12)6-7-20(15)16(22)9-13-3-2-8-24-13/h2-3,8,12,15H,4-7,9-11H2,1H3/t15-/m1/s1. The van der Waals surface area contributed by atoms with Crippen LogP contribution >= 0.6 is 11.3 Å². The van der Waals surface area contributed by atoms with E-state index in [0.717, 1.165) is 29.5 Å². The molecule has 0 bridgehead atoms. The van der Waals surface area contributed by atoms with Crippen LogP contribution in [0.5, 0.6) is 0 Å². The molecular weight excluding hydrogens is 324 g/mol. The predicted octanol–water partition coefficient (Wildman–Crippen LogP) is 2.06. The number of rotatable bonds is 6. The number of carbonyl (C=O) groups excluding carboxylic acids is 1. The van der Waals surface area contributed by atoms with E-state index in [0.29, 0.717) is 19.6 Å². The monoisotopic (exact) mass is 346 g/mol. The van der Waals surface area contributed by atoms with Crippen LogP contribution in [-0.2, 0) is 28.9 Å². The number of thiophene rings is 1. The van der Waals surface area contributed by atoms with Gasteiger partial charge in [-0.25, -0.2) is 4.68 Å². The Morgan fingerprint density at radius 3 is 3.04 bits per heavy atom. The molecule has 0 radical (unpaired) electrons. The molecule has 6 nitrogen and oxygen atoms in total. The molecular formula is C17H22N4O2S. The molecule has 1 atom stereocenters. The van der Waals surface area contributed by atoms with Gasteiger partial charge in [0.15, 0.2) is 0 Å². The number of hydrogen-bond acceptors (Lipinski definition) is 5. The van der Waals surface area contributed by atoms with Gasteiger partial charge in [-0.05, 0) is 30.2 Å². The summed E-state index contributed by atoms with van der Waals surface area (Å²) in [6.07, 6.45) is 3.86. The minimum atomic E-state index is -0.126. The number of fused-ring (bicyclic) bond motifs is 1. The predicted molar refractivity (Wildman–Crippen MR) is 90.8 cm³/mol. The van der Waals surface area contributed by atoms with E-state index in [2.05, 4.69) is 15.0 Å². The zero-order chi connectivity index (χ0) is 16.5. The highest BCUT2D eigenvalue weighted by Crippen LogP contribution is 2.33. The second-order valence-electron chi connectivity index (χ2n) is 6.61. The van der Waals surface area contributed by atoms with E-state index in [1.807, 2.05) is 22.4 Å². The summed E-state index contributed by atoms with van der Waals surface area (Å²) in [5.74, 6) is 0.900. The number of nitrogens with zero attached hydrogens (tertiary/aromatic N) is 4. The number of hydrogen-bond donors (Lipinski definition) is 0.